The first kappa shape index (κ1) is 19.8. The van der Waals surface area contributed by atoms with Crippen LogP contribution in [0.25, 0.3) is 10.6 Å². The highest BCUT2D eigenvalue weighted by molar-refractivity contribution is 7.13. The molecule has 0 aliphatic heterocycles. The van der Waals surface area contributed by atoms with Crippen molar-refractivity contribution in [1.29, 1.82) is 0 Å². The van der Waals surface area contributed by atoms with Gasteiger partial charge in [0.15, 0.2) is 11.8 Å². The molecule has 2 aromatic carbocycles. The van der Waals surface area contributed by atoms with Crippen LogP contribution in [0, 0.1) is 6.92 Å². The van der Waals surface area contributed by atoms with E-state index in [-0.39, 0.29) is 11.6 Å². The zero-order valence-electron chi connectivity index (χ0n) is 16.1. The Kier molecular flexibility index (Phi) is 6.21. The van der Waals surface area contributed by atoms with Gasteiger partial charge in [-0.1, -0.05) is 48.9 Å². The van der Waals surface area contributed by atoms with Gasteiger partial charge in [-0.05, 0) is 38.0 Å². The third-order valence-electron chi connectivity index (χ3n) is 4.29. The van der Waals surface area contributed by atoms with Crippen molar-refractivity contribution in [2.45, 2.75) is 33.3 Å². The molecule has 0 aliphatic carbocycles. The molecule has 144 valence electrons. The fourth-order valence-corrected chi connectivity index (χ4v) is 3.33. The van der Waals surface area contributed by atoms with Crippen LogP contribution in [0.1, 0.15) is 35.5 Å². The number of ether oxygens (including phenoxy) is 1. The van der Waals surface area contributed by atoms with E-state index < -0.39 is 12.1 Å². The van der Waals surface area contributed by atoms with Gasteiger partial charge in [0.25, 0.3) is 5.91 Å². The quantitative estimate of drug-likeness (QED) is 0.606. The lowest BCUT2D eigenvalue weighted by atomic mass is 10.1. The molecular formula is C22H22N2O3S. The highest BCUT2D eigenvalue weighted by Gasteiger charge is 2.21. The van der Waals surface area contributed by atoms with Crippen molar-refractivity contribution in [2.24, 2.45) is 0 Å². The number of nitrogens with zero attached hydrogens (tertiary/aromatic N) is 1. The molecule has 0 unspecified atom stereocenters. The van der Waals surface area contributed by atoms with Crippen LogP contribution in [-0.2, 0) is 16.0 Å². The lowest BCUT2D eigenvalue weighted by molar-refractivity contribution is -0.123. The van der Waals surface area contributed by atoms with Crippen molar-refractivity contribution in [2.75, 3.05) is 5.32 Å². The van der Waals surface area contributed by atoms with Crippen LogP contribution < -0.4 is 5.32 Å². The number of rotatable bonds is 6. The van der Waals surface area contributed by atoms with E-state index >= 15 is 0 Å². The molecule has 0 spiro atoms. The third-order valence-corrected chi connectivity index (χ3v) is 5.19. The van der Waals surface area contributed by atoms with Gasteiger partial charge in [0, 0.05) is 16.6 Å². The summed E-state index contributed by atoms with van der Waals surface area (Å²) in [7, 11) is 0. The summed E-state index contributed by atoms with van der Waals surface area (Å²) in [5.74, 6) is -0.998. The third kappa shape index (κ3) is 4.84. The van der Waals surface area contributed by atoms with Gasteiger partial charge in [-0.25, -0.2) is 9.78 Å². The second-order valence-electron chi connectivity index (χ2n) is 6.49. The van der Waals surface area contributed by atoms with E-state index in [2.05, 4.69) is 17.2 Å². The Morgan fingerprint density at radius 2 is 1.79 bits per heavy atom. The van der Waals surface area contributed by atoms with Crippen molar-refractivity contribution < 1.29 is 14.3 Å². The average Bonchev–Trinajstić information content (AvgIpc) is 3.20. The summed E-state index contributed by atoms with van der Waals surface area (Å²) in [6.07, 6.45) is 0.0425. The predicted octanol–water partition coefficient (Wildman–Crippen LogP) is 4.86. The molecule has 0 aliphatic rings. The van der Waals surface area contributed by atoms with Crippen molar-refractivity contribution in [3.05, 3.63) is 70.7 Å². The van der Waals surface area contributed by atoms with E-state index in [0.29, 0.717) is 5.69 Å². The fraction of sp³-hybridized carbons (Fsp3) is 0.227. The Bertz CT molecular complexity index is 962. The molecule has 1 atom stereocenters. The maximum absolute atomic E-state index is 12.3. The van der Waals surface area contributed by atoms with Crippen LogP contribution in [0.4, 0.5) is 5.69 Å². The molecule has 1 aromatic heterocycles. The summed E-state index contributed by atoms with van der Waals surface area (Å²) in [6, 6.07) is 15.5. The van der Waals surface area contributed by atoms with E-state index in [9.17, 15) is 9.59 Å². The fourth-order valence-electron chi connectivity index (χ4n) is 2.54. The number of carbonyl (C=O) groups excluding carboxylic acids is 2. The van der Waals surface area contributed by atoms with Crippen LogP contribution in [0.2, 0.25) is 0 Å². The Morgan fingerprint density at radius 3 is 2.43 bits per heavy atom. The number of thiazole rings is 1. The molecule has 0 saturated carbocycles. The zero-order chi connectivity index (χ0) is 20.1. The number of aryl methyl sites for hydroxylation is 2. The van der Waals surface area contributed by atoms with Crippen LogP contribution in [-0.4, -0.2) is 23.0 Å². The Labute approximate surface area is 168 Å². The number of aromatic nitrogens is 1. The molecule has 1 heterocycles. The molecule has 5 nitrogen and oxygen atoms in total. The molecule has 0 fully saturated rings. The average molecular weight is 394 g/mol. The van der Waals surface area contributed by atoms with E-state index in [1.165, 1.54) is 23.8 Å². The van der Waals surface area contributed by atoms with Gasteiger partial charge in [0.05, 0.1) is 0 Å². The lowest BCUT2D eigenvalue weighted by Gasteiger charge is -2.12. The molecule has 6 heteroatoms. The normalized spacial score (nSPS) is 11.7. The first-order valence-corrected chi connectivity index (χ1v) is 9.97. The minimum atomic E-state index is -0.928. The van der Waals surface area contributed by atoms with Crippen molar-refractivity contribution in [3.63, 3.8) is 0 Å². The highest BCUT2D eigenvalue weighted by atomic mass is 32.1. The molecular weight excluding hydrogens is 372 g/mol. The van der Waals surface area contributed by atoms with Gasteiger partial charge in [-0.3, -0.25) is 4.79 Å². The largest absolute Gasteiger partial charge is 0.448 e. The molecule has 0 radical (unpaired) electrons. The van der Waals surface area contributed by atoms with E-state index in [4.69, 9.17) is 4.74 Å². The van der Waals surface area contributed by atoms with Crippen LogP contribution in [0.5, 0.6) is 0 Å². The first-order valence-electron chi connectivity index (χ1n) is 9.09. The van der Waals surface area contributed by atoms with Gasteiger partial charge in [0.2, 0.25) is 0 Å². The topological polar surface area (TPSA) is 68.3 Å². The number of carbonyl (C=O) groups is 2. The maximum atomic E-state index is 12.3. The summed E-state index contributed by atoms with van der Waals surface area (Å²) in [6.45, 7) is 5.61. The molecule has 28 heavy (non-hydrogen) atoms. The van der Waals surface area contributed by atoms with Gasteiger partial charge < -0.3 is 10.1 Å². The number of hydrogen-bond donors (Lipinski definition) is 1. The standard InChI is InChI=1S/C22H22N2O3S/c1-4-16-7-9-17(10-8-16)21-24-19(13-28-21)22(26)27-15(3)20(25)23-18-11-5-14(2)6-12-18/h5-13,15H,4H2,1-3H3,(H,23,25)/t15-/m0/s1. The summed E-state index contributed by atoms with van der Waals surface area (Å²) in [5, 5.41) is 5.12. The van der Waals surface area contributed by atoms with Gasteiger partial charge >= 0.3 is 5.97 Å². The minimum absolute atomic E-state index is 0.203. The van der Waals surface area contributed by atoms with E-state index in [1.54, 1.807) is 17.5 Å². The van der Waals surface area contributed by atoms with Gasteiger partial charge in [-0.15, -0.1) is 11.3 Å². The van der Waals surface area contributed by atoms with Crippen molar-refractivity contribution in [3.8, 4) is 10.6 Å². The number of anilines is 1. The lowest BCUT2D eigenvalue weighted by Crippen LogP contribution is -2.30. The molecule has 1 amide bonds. The number of nitrogens with one attached hydrogen (secondary N) is 1. The van der Waals surface area contributed by atoms with E-state index in [1.807, 2.05) is 43.3 Å². The summed E-state index contributed by atoms with van der Waals surface area (Å²) in [5.41, 5.74) is 4.15. The van der Waals surface area contributed by atoms with Crippen molar-refractivity contribution in [1.82, 2.24) is 4.98 Å². The smallest absolute Gasteiger partial charge is 0.358 e. The summed E-state index contributed by atoms with van der Waals surface area (Å²) < 4.78 is 5.27. The molecule has 0 saturated heterocycles. The molecule has 0 bridgehead atoms. The van der Waals surface area contributed by atoms with Gasteiger partial charge in [-0.2, -0.15) is 0 Å². The van der Waals surface area contributed by atoms with E-state index in [0.717, 1.165) is 22.6 Å². The minimum Gasteiger partial charge on any atom is -0.448 e. The zero-order valence-corrected chi connectivity index (χ0v) is 16.9. The maximum Gasteiger partial charge on any atom is 0.358 e. The van der Waals surface area contributed by atoms with Crippen LogP contribution in [0.3, 0.4) is 0 Å². The Balaban J connectivity index is 1.61. The van der Waals surface area contributed by atoms with Crippen LogP contribution in [0.15, 0.2) is 53.9 Å². The first-order chi connectivity index (χ1) is 13.5. The highest BCUT2D eigenvalue weighted by Crippen LogP contribution is 2.24. The Morgan fingerprint density at radius 1 is 1.11 bits per heavy atom. The molecule has 3 rings (SSSR count). The number of amides is 1. The Hall–Kier alpha value is -2.99. The molecule has 1 N–H and O–H groups in total. The van der Waals surface area contributed by atoms with Crippen molar-refractivity contribution >= 4 is 28.9 Å². The molecule has 3 aromatic rings. The SMILES string of the molecule is CCc1ccc(-c2nc(C(=O)O[C@@H](C)C(=O)Nc3ccc(C)cc3)cs2)cc1. The van der Waals surface area contributed by atoms with Gasteiger partial charge in [0.1, 0.15) is 5.01 Å². The van der Waals surface area contributed by atoms with Crippen LogP contribution >= 0.6 is 11.3 Å². The summed E-state index contributed by atoms with van der Waals surface area (Å²) in [4.78, 5) is 28.9. The number of esters is 1. The second-order valence-corrected chi connectivity index (χ2v) is 7.35. The monoisotopic (exact) mass is 394 g/mol. The number of benzene rings is 2. The number of hydrogen-bond acceptors (Lipinski definition) is 5. The predicted molar refractivity (Wildman–Crippen MR) is 112 cm³/mol. The second kappa shape index (κ2) is 8.80. The summed E-state index contributed by atoms with van der Waals surface area (Å²) >= 11 is 1.37.